The minimum Gasteiger partial charge on any atom is -0.378 e. The van der Waals surface area contributed by atoms with Crippen LogP contribution in [-0.4, -0.2) is 79.7 Å². The van der Waals surface area contributed by atoms with E-state index in [1.807, 2.05) is 11.0 Å². The summed E-state index contributed by atoms with van der Waals surface area (Å²) in [6.45, 7) is 6.34. The van der Waals surface area contributed by atoms with Gasteiger partial charge >= 0.3 is 0 Å². The van der Waals surface area contributed by atoms with Crippen molar-refractivity contribution in [1.82, 2.24) is 9.80 Å². The van der Waals surface area contributed by atoms with Gasteiger partial charge in [-0.05, 0) is 18.1 Å². The second-order valence-corrected chi connectivity index (χ2v) is 7.93. The Morgan fingerprint density at radius 1 is 0.968 bits per heavy atom. The van der Waals surface area contributed by atoms with Crippen molar-refractivity contribution in [2.24, 2.45) is 0 Å². The number of anilines is 1. The molecule has 8 heteroatoms. The molecular weight excluding hydrogens is 396 g/mol. The zero-order chi connectivity index (χ0) is 21.6. The first-order valence-corrected chi connectivity index (χ1v) is 10.8. The van der Waals surface area contributed by atoms with E-state index in [2.05, 4.69) is 34.1 Å². The molecule has 0 unspecified atom stereocenters. The first kappa shape index (κ1) is 21.3. The fourth-order valence-electron chi connectivity index (χ4n) is 4.17. The Bertz CT molecular complexity index is 907. The molecular formula is C23H28N4O4. The largest absolute Gasteiger partial charge is 0.378 e. The molecule has 2 aromatic carbocycles. The number of non-ortho nitro benzene ring substituents is 1. The van der Waals surface area contributed by atoms with Gasteiger partial charge in [-0.15, -0.1) is 0 Å². The maximum absolute atomic E-state index is 13.4. The van der Waals surface area contributed by atoms with Gasteiger partial charge in [-0.3, -0.25) is 19.8 Å². The number of piperazine rings is 1. The van der Waals surface area contributed by atoms with E-state index in [1.54, 1.807) is 6.07 Å². The predicted octanol–water partition coefficient (Wildman–Crippen LogP) is 2.43. The second kappa shape index (κ2) is 9.89. The average Bonchev–Trinajstić information content (AvgIpc) is 2.83. The summed E-state index contributed by atoms with van der Waals surface area (Å²) in [6.07, 6.45) is 0.987. The molecule has 31 heavy (non-hydrogen) atoms. The lowest BCUT2D eigenvalue weighted by molar-refractivity contribution is -0.384. The van der Waals surface area contributed by atoms with Crippen LogP contribution >= 0.6 is 0 Å². The maximum atomic E-state index is 13.4. The van der Waals surface area contributed by atoms with E-state index >= 15 is 0 Å². The number of benzene rings is 2. The minimum atomic E-state index is -0.443. The Balaban J connectivity index is 1.42. The van der Waals surface area contributed by atoms with Gasteiger partial charge in [0.15, 0.2) is 0 Å². The van der Waals surface area contributed by atoms with Crippen molar-refractivity contribution in [3.63, 3.8) is 0 Å². The highest BCUT2D eigenvalue weighted by Gasteiger charge is 2.27. The summed E-state index contributed by atoms with van der Waals surface area (Å²) in [4.78, 5) is 30.5. The standard InChI is InChI=1S/C23H28N4O4/c28-23(26-12-10-24(11-13-26)9-8-19-4-2-1-3-5-19)21-18-20(27(29)30)6-7-22(21)25-14-16-31-17-15-25/h1-7,18H,8-17H2. The molecule has 0 radical (unpaired) electrons. The van der Waals surface area contributed by atoms with Crippen LogP contribution in [-0.2, 0) is 11.2 Å². The van der Waals surface area contributed by atoms with E-state index in [0.29, 0.717) is 45.0 Å². The SMILES string of the molecule is O=C(c1cc([N+](=O)[O-])ccc1N1CCOCC1)N1CCN(CCc2ccccc2)CC1. The molecule has 2 aliphatic heterocycles. The van der Waals surface area contributed by atoms with E-state index in [-0.39, 0.29) is 11.6 Å². The summed E-state index contributed by atoms with van der Waals surface area (Å²) in [5, 5.41) is 11.3. The molecule has 2 aliphatic rings. The number of nitro groups is 1. The van der Waals surface area contributed by atoms with Crippen LogP contribution < -0.4 is 4.90 Å². The van der Waals surface area contributed by atoms with E-state index in [1.165, 1.54) is 17.7 Å². The molecule has 0 aromatic heterocycles. The summed E-state index contributed by atoms with van der Waals surface area (Å²) in [5.41, 5.74) is 2.42. The summed E-state index contributed by atoms with van der Waals surface area (Å²) < 4.78 is 5.42. The first-order valence-electron chi connectivity index (χ1n) is 10.8. The number of nitrogens with zero attached hydrogens (tertiary/aromatic N) is 4. The third-order valence-corrected chi connectivity index (χ3v) is 5.99. The van der Waals surface area contributed by atoms with E-state index < -0.39 is 4.92 Å². The smallest absolute Gasteiger partial charge is 0.270 e. The maximum Gasteiger partial charge on any atom is 0.270 e. The molecule has 164 valence electrons. The molecule has 2 aromatic rings. The Morgan fingerprint density at radius 2 is 1.68 bits per heavy atom. The van der Waals surface area contributed by atoms with Crippen molar-refractivity contribution in [1.29, 1.82) is 0 Å². The lowest BCUT2D eigenvalue weighted by Gasteiger charge is -2.36. The van der Waals surface area contributed by atoms with Crippen molar-refractivity contribution in [2.45, 2.75) is 6.42 Å². The summed E-state index contributed by atoms with van der Waals surface area (Å²) in [5.74, 6) is -0.132. The number of morpholine rings is 1. The Morgan fingerprint density at radius 3 is 2.35 bits per heavy atom. The minimum absolute atomic E-state index is 0.0538. The molecule has 1 amide bonds. The normalized spacial score (nSPS) is 17.5. The highest BCUT2D eigenvalue weighted by Crippen LogP contribution is 2.28. The zero-order valence-electron chi connectivity index (χ0n) is 17.6. The molecule has 0 spiro atoms. The number of nitro benzene ring substituents is 1. The molecule has 8 nitrogen and oxygen atoms in total. The fraction of sp³-hybridized carbons (Fsp3) is 0.435. The van der Waals surface area contributed by atoms with E-state index in [4.69, 9.17) is 4.74 Å². The van der Waals surface area contributed by atoms with Gasteiger partial charge in [0.1, 0.15) is 0 Å². The van der Waals surface area contributed by atoms with Gasteiger partial charge in [0.2, 0.25) is 0 Å². The topological polar surface area (TPSA) is 79.2 Å². The van der Waals surface area contributed by atoms with Crippen LogP contribution in [0.15, 0.2) is 48.5 Å². The molecule has 2 heterocycles. The molecule has 4 rings (SSSR count). The van der Waals surface area contributed by atoms with Crippen LogP contribution in [0.1, 0.15) is 15.9 Å². The summed E-state index contributed by atoms with van der Waals surface area (Å²) >= 11 is 0. The first-order chi connectivity index (χ1) is 15.1. The molecule has 0 N–H and O–H groups in total. The lowest BCUT2D eigenvalue weighted by atomic mass is 10.1. The molecule has 2 fully saturated rings. The Kier molecular flexibility index (Phi) is 6.79. The van der Waals surface area contributed by atoms with Crippen LogP contribution in [0.5, 0.6) is 0 Å². The number of rotatable bonds is 6. The number of carbonyl (C=O) groups excluding carboxylic acids is 1. The Labute approximate surface area is 182 Å². The van der Waals surface area contributed by atoms with Crippen molar-refractivity contribution < 1.29 is 14.5 Å². The zero-order valence-corrected chi connectivity index (χ0v) is 17.6. The third kappa shape index (κ3) is 5.21. The molecule has 0 atom stereocenters. The quantitative estimate of drug-likeness (QED) is 0.524. The van der Waals surface area contributed by atoms with Crippen LogP contribution in [0, 0.1) is 10.1 Å². The van der Waals surface area contributed by atoms with Crippen molar-refractivity contribution in [3.8, 4) is 0 Å². The molecule has 0 aliphatic carbocycles. The number of hydrogen-bond donors (Lipinski definition) is 0. The van der Waals surface area contributed by atoms with Crippen LogP contribution in [0.25, 0.3) is 0 Å². The van der Waals surface area contributed by atoms with Gasteiger partial charge in [-0.25, -0.2) is 0 Å². The predicted molar refractivity (Wildman–Crippen MR) is 119 cm³/mol. The average molecular weight is 425 g/mol. The second-order valence-electron chi connectivity index (χ2n) is 7.93. The third-order valence-electron chi connectivity index (χ3n) is 5.99. The Hall–Kier alpha value is -2.97. The van der Waals surface area contributed by atoms with Gasteiger partial charge in [-0.2, -0.15) is 0 Å². The molecule has 2 saturated heterocycles. The fourth-order valence-corrected chi connectivity index (χ4v) is 4.17. The van der Waals surface area contributed by atoms with Crippen LogP contribution in [0.4, 0.5) is 11.4 Å². The number of hydrogen-bond acceptors (Lipinski definition) is 6. The highest BCUT2D eigenvalue weighted by atomic mass is 16.6. The van der Waals surface area contributed by atoms with E-state index in [0.717, 1.165) is 31.7 Å². The summed E-state index contributed by atoms with van der Waals surface area (Å²) in [6, 6.07) is 15.0. The van der Waals surface area contributed by atoms with Gasteiger partial charge in [-0.1, -0.05) is 30.3 Å². The molecule has 0 bridgehead atoms. The van der Waals surface area contributed by atoms with Gasteiger partial charge < -0.3 is 14.5 Å². The molecule has 0 saturated carbocycles. The number of carbonyl (C=O) groups is 1. The monoisotopic (exact) mass is 424 g/mol. The van der Waals surface area contributed by atoms with Crippen LogP contribution in [0.2, 0.25) is 0 Å². The van der Waals surface area contributed by atoms with Gasteiger partial charge in [0.05, 0.1) is 29.4 Å². The number of amides is 1. The van der Waals surface area contributed by atoms with Crippen molar-refractivity contribution in [2.75, 3.05) is 63.9 Å². The van der Waals surface area contributed by atoms with Crippen LogP contribution in [0.3, 0.4) is 0 Å². The number of ether oxygens (including phenoxy) is 1. The summed E-state index contributed by atoms with van der Waals surface area (Å²) in [7, 11) is 0. The van der Waals surface area contributed by atoms with Gasteiger partial charge in [0.25, 0.3) is 11.6 Å². The van der Waals surface area contributed by atoms with E-state index in [9.17, 15) is 14.9 Å². The lowest BCUT2D eigenvalue weighted by Crippen LogP contribution is -2.49. The van der Waals surface area contributed by atoms with Crippen molar-refractivity contribution in [3.05, 3.63) is 69.8 Å². The highest BCUT2D eigenvalue weighted by molar-refractivity contribution is 6.00. The van der Waals surface area contributed by atoms with Gasteiger partial charge in [0, 0.05) is 57.9 Å². The van der Waals surface area contributed by atoms with Crippen molar-refractivity contribution >= 4 is 17.3 Å².